The highest BCUT2D eigenvalue weighted by Crippen LogP contribution is 2.24. The third kappa shape index (κ3) is 5.80. The first-order valence-electron chi connectivity index (χ1n) is 7.89. The maximum Gasteiger partial charge on any atom is 0.119 e. The number of hydrogen-bond acceptors (Lipinski definition) is 3. The number of ether oxygens (including phenoxy) is 3. The van der Waals surface area contributed by atoms with Crippen molar-refractivity contribution in [3.63, 3.8) is 0 Å². The van der Waals surface area contributed by atoms with Gasteiger partial charge in [0.25, 0.3) is 0 Å². The van der Waals surface area contributed by atoms with Crippen molar-refractivity contribution >= 4 is 0 Å². The number of rotatable bonds is 10. The van der Waals surface area contributed by atoms with Crippen LogP contribution in [0.3, 0.4) is 0 Å². The Bertz CT molecular complexity index is 573. The Hall–Kier alpha value is -2.26. The molecule has 0 atom stereocenters. The van der Waals surface area contributed by atoms with Gasteiger partial charge in [-0.05, 0) is 48.2 Å². The zero-order valence-corrected chi connectivity index (χ0v) is 13.7. The lowest BCUT2D eigenvalue weighted by atomic mass is 10.1. The summed E-state index contributed by atoms with van der Waals surface area (Å²) in [6.45, 7) is 5.58. The minimum Gasteiger partial charge on any atom is -0.494 e. The Morgan fingerprint density at radius 1 is 0.783 bits per heavy atom. The average Bonchev–Trinajstić information content (AvgIpc) is 2.60. The number of benzene rings is 2. The number of unbranched alkanes of at least 4 members (excludes halogenated alkanes) is 1. The second kappa shape index (κ2) is 9.70. The van der Waals surface area contributed by atoms with Gasteiger partial charge in [0.1, 0.15) is 18.1 Å². The summed E-state index contributed by atoms with van der Waals surface area (Å²) >= 11 is 0. The molecule has 0 radical (unpaired) electrons. The van der Waals surface area contributed by atoms with Crippen molar-refractivity contribution in [3.8, 4) is 22.6 Å². The molecule has 0 aliphatic heterocycles. The summed E-state index contributed by atoms with van der Waals surface area (Å²) in [5, 5.41) is 0. The van der Waals surface area contributed by atoms with Crippen LogP contribution in [-0.2, 0) is 4.74 Å². The Morgan fingerprint density at radius 2 is 1.30 bits per heavy atom. The smallest absolute Gasteiger partial charge is 0.119 e. The van der Waals surface area contributed by atoms with Crippen LogP contribution in [0.5, 0.6) is 11.5 Å². The van der Waals surface area contributed by atoms with Crippen LogP contribution in [0, 0.1) is 0 Å². The topological polar surface area (TPSA) is 27.7 Å². The normalized spacial score (nSPS) is 10.3. The second-order valence-electron chi connectivity index (χ2n) is 5.17. The van der Waals surface area contributed by atoms with Crippen molar-refractivity contribution in [1.29, 1.82) is 0 Å². The Labute approximate surface area is 138 Å². The van der Waals surface area contributed by atoms with Crippen molar-refractivity contribution in [2.45, 2.75) is 12.8 Å². The highest BCUT2D eigenvalue weighted by molar-refractivity contribution is 5.64. The molecule has 23 heavy (non-hydrogen) atoms. The quantitative estimate of drug-likeness (QED) is 0.469. The van der Waals surface area contributed by atoms with Crippen molar-refractivity contribution < 1.29 is 14.2 Å². The fourth-order valence-corrected chi connectivity index (χ4v) is 2.15. The molecular weight excluding hydrogens is 288 g/mol. The van der Waals surface area contributed by atoms with Gasteiger partial charge in [0.15, 0.2) is 0 Å². The Morgan fingerprint density at radius 3 is 1.78 bits per heavy atom. The highest BCUT2D eigenvalue weighted by atomic mass is 16.5. The van der Waals surface area contributed by atoms with E-state index in [1.807, 2.05) is 30.3 Å². The van der Waals surface area contributed by atoms with Crippen LogP contribution in [0.4, 0.5) is 0 Å². The first-order chi connectivity index (χ1) is 11.3. The maximum atomic E-state index is 5.69. The van der Waals surface area contributed by atoms with E-state index in [-0.39, 0.29) is 0 Å². The Kier molecular flexibility index (Phi) is 7.21. The van der Waals surface area contributed by atoms with Gasteiger partial charge in [-0.25, -0.2) is 0 Å². The molecule has 3 heteroatoms. The summed E-state index contributed by atoms with van der Waals surface area (Å²) in [7, 11) is 1.67. The number of hydrogen-bond donors (Lipinski definition) is 0. The number of allylic oxidation sites excluding steroid dienone is 1. The lowest BCUT2D eigenvalue weighted by Gasteiger charge is -2.08. The Balaban J connectivity index is 1.89. The molecule has 0 unspecified atom stereocenters. The van der Waals surface area contributed by atoms with Gasteiger partial charge in [0, 0.05) is 7.11 Å². The van der Waals surface area contributed by atoms with Crippen molar-refractivity contribution in [2.75, 3.05) is 26.9 Å². The molecule has 2 rings (SSSR count). The SMILES string of the molecule is C=CCCCOc1ccc(-c2ccc(OCCOC)cc2)cc1. The fraction of sp³-hybridized carbons (Fsp3) is 0.300. The van der Waals surface area contributed by atoms with Gasteiger partial charge in [-0.2, -0.15) is 0 Å². The van der Waals surface area contributed by atoms with Gasteiger partial charge in [-0.15, -0.1) is 6.58 Å². The molecule has 0 N–H and O–H groups in total. The summed E-state index contributed by atoms with van der Waals surface area (Å²) < 4.78 is 16.2. The zero-order chi connectivity index (χ0) is 16.3. The molecular formula is C20H24O3. The van der Waals surface area contributed by atoms with E-state index in [1.165, 1.54) is 0 Å². The molecule has 0 aliphatic rings. The predicted octanol–water partition coefficient (Wildman–Crippen LogP) is 4.72. The lowest BCUT2D eigenvalue weighted by molar-refractivity contribution is 0.146. The van der Waals surface area contributed by atoms with Gasteiger partial charge in [-0.1, -0.05) is 30.3 Å². The highest BCUT2D eigenvalue weighted by Gasteiger charge is 2.00. The maximum absolute atomic E-state index is 5.69. The first kappa shape index (κ1) is 17.1. The van der Waals surface area contributed by atoms with E-state index in [4.69, 9.17) is 14.2 Å². The fourth-order valence-electron chi connectivity index (χ4n) is 2.15. The molecule has 0 fully saturated rings. The van der Waals surface area contributed by atoms with Crippen molar-refractivity contribution in [1.82, 2.24) is 0 Å². The summed E-state index contributed by atoms with van der Waals surface area (Å²) in [6, 6.07) is 16.2. The molecule has 0 saturated heterocycles. The van der Waals surface area contributed by atoms with E-state index in [1.54, 1.807) is 7.11 Å². The monoisotopic (exact) mass is 312 g/mol. The van der Waals surface area contributed by atoms with Crippen LogP contribution >= 0.6 is 0 Å². The summed E-state index contributed by atoms with van der Waals surface area (Å²) in [6.07, 6.45) is 3.89. The third-order valence-electron chi connectivity index (χ3n) is 3.42. The standard InChI is InChI=1S/C20H24O3/c1-3-4-5-14-22-19-10-6-17(7-11-19)18-8-12-20(13-9-18)23-16-15-21-2/h3,6-13H,1,4-5,14-16H2,2H3. The van der Waals surface area contributed by atoms with Crippen molar-refractivity contribution in [2.24, 2.45) is 0 Å². The number of methoxy groups -OCH3 is 1. The van der Waals surface area contributed by atoms with E-state index < -0.39 is 0 Å². The second-order valence-corrected chi connectivity index (χ2v) is 5.17. The molecule has 2 aromatic carbocycles. The molecule has 3 nitrogen and oxygen atoms in total. The average molecular weight is 312 g/mol. The van der Waals surface area contributed by atoms with Crippen LogP contribution in [0.25, 0.3) is 11.1 Å². The molecule has 2 aromatic rings. The molecule has 0 heterocycles. The van der Waals surface area contributed by atoms with Crippen LogP contribution in [0.1, 0.15) is 12.8 Å². The largest absolute Gasteiger partial charge is 0.494 e. The predicted molar refractivity (Wildman–Crippen MR) is 94.2 cm³/mol. The summed E-state index contributed by atoms with van der Waals surface area (Å²) in [5.74, 6) is 1.75. The van der Waals surface area contributed by atoms with Gasteiger partial charge < -0.3 is 14.2 Å². The van der Waals surface area contributed by atoms with Gasteiger partial charge in [-0.3, -0.25) is 0 Å². The van der Waals surface area contributed by atoms with Gasteiger partial charge in [0.05, 0.1) is 13.2 Å². The van der Waals surface area contributed by atoms with Crippen molar-refractivity contribution in [3.05, 3.63) is 61.2 Å². The van der Waals surface area contributed by atoms with Crippen LogP contribution < -0.4 is 9.47 Å². The van der Waals surface area contributed by atoms with E-state index >= 15 is 0 Å². The molecule has 0 saturated carbocycles. The van der Waals surface area contributed by atoms with Gasteiger partial charge >= 0.3 is 0 Å². The summed E-state index contributed by atoms with van der Waals surface area (Å²) in [4.78, 5) is 0. The van der Waals surface area contributed by atoms with E-state index in [9.17, 15) is 0 Å². The minimum absolute atomic E-state index is 0.563. The minimum atomic E-state index is 0.563. The van der Waals surface area contributed by atoms with Gasteiger partial charge in [0.2, 0.25) is 0 Å². The van der Waals surface area contributed by atoms with Crippen LogP contribution in [0.2, 0.25) is 0 Å². The molecule has 0 aromatic heterocycles. The first-order valence-corrected chi connectivity index (χ1v) is 7.89. The molecule has 0 aliphatic carbocycles. The molecule has 0 spiro atoms. The molecule has 0 amide bonds. The van der Waals surface area contributed by atoms with E-state index in [2.05, 4.69) is 30.8 Å². The van der Waals surface area contributed by atoms with Crippen LogP contribution in [-0.4, -0.2) is 26.9 Å². The van der Waals surface area contributed by atoms with E-state index in [0.29, 0.717) is 13.2 Å². The molecule has 0 bridgehead atoms. The van der Waals surface area contributed by atoms with Crippen LogP contribution in [0.15, 0.2) is 61.2 Å². The lowest BCUT2D eigenvalue weighted by Crippen LogP contribution is -2.03. The third-order valence-corrected chi connectivity index (χ3v) is 3.42. The summed E-state index contributed by atoms with van der Waals surface area (Å²) in [5.41, 5.74) is 2.31. The zero-order valence-electron chi connectivity index (χ0n) is 13.7. The van der Waals surface area contributed by atoms with E-state index in [0.717, 1.165) is 42.1 Å². The molecule has 122 valence electrons.